The van der Waals surface area contributed by atoms with E-state index in [0.717, 1.165) is 16.9 Å². The Balaban J connectivity index is 2.34. The first kappa shape index (κ1) is 18.1. The second-order valence-electron chi connectivity index (χ2n) is 5.49. The van der Waals surface area contributed by atoms with Crippen LogP contribution >= 0.6 is 22.9 Å². The lowest BCUT2D eigenvalue weighted by Crippen LogP contribution is -2.40. The number of rotatable bonds is 4. The molecule has 2 aromatic carbocycles. The monoisotopic (exact) mass is 389 g/mol. The van der Waals surface area contributed by atoms with Gasteiger partial charge in [-0.1, -0.05) is 53.3 Å². The molecule has 0 saturated heterocycles. The maximum absolute atomic E-state index is 12.4. The van der Waals surface area contributed by atoms with E-state index in [4.69, 9.17) is 22.4 Å². The van der Waals surface area contributed by atoms with Gasteiger partial charge in [-0.3, -0.25) is 14.4 Å². The van der Waals surface area contributed by atoms with Gasteiger partial charge in [-0.25, -0.2) is 0 Å². The summed E-state index contributed by atoms with van der Waals surface area (Å²) in [6.07, 6.45) is 0. The fourth-order valence-corrected chi connectivity index (χ4v) is 3.83. The third kappa shape index (κ3) is 3.08. The zero-order valence-electron chi connectivity index (χ0n) is 13.1. The van der Waals surface area contributed by atoms with Gasteiger partial charge in [0.25, 0.3) is 0 Å². The molecule has 1 unspecified atom stereocenters. The number of aliphatic carboxylic acids is 1. The van der Waals surface area contributed by atoms with Crippen molar-refractivity contribution in [2.75, 3.05) is 0 Å². The number of hydrogen-bond acceptors (Lipinski definition) is 6. The van der Waals surface area contributed by atoms with Gasteiger partial charge in [-0.2, -0.15) is 0 Å². The molecular weight excluding hydrogens is 378 g/mol. The molecule has 1 aromatic heterocycles. The van der Waals surface area contributed by atoms with Crippen LogP contribution in [0.1, 0.15) is 10.4 Å². The Morgan fingerprint density at radius 2 is 1.81 bits per heavy atom. The van der Waals surface area contributed by atoms with Crippen LogP contribution in [-0.2, 0) is 4.79 Å². The molecule has 0 aliphatic rings. The lowest BCUT2D eigenvalue weighted by atomic mass is 10.0. The van der Waals surface area contributed by atoms with Crippen molar-refractivity contribution in [2.24, 2.45) is 5.73 Å². The number of hydrogen-bond donors (Lipinski definition) is 3. The number of carbonyl (C=O) groups is 2. The van der Waals surface area contributed by atoms with Crippen LogP contribution in [0.3, 0.4) is 0 Å². The molecule has 0 fully saturated rings. The highest BCUT2D eigenvalue weighted by Crippen LogP contribution is 2.38. The van der Waals surface area contributed by atoms with E-state index in [1.165, 1.54) is 6.07 Å². The smallest absolute Gasteiger partial charge is 0.328 e. The normalized spacial score (nSPS) is 12.1. The minimum atomic E-state index is -1.94. The minimum Gasteiger partial charge on any atom is -0.506 e. The zero-order valence-corrected chi connectivity index (χ0v) is 14.7. The van der Waals surface area contributed by atoms with Crippen molar-refractivity contribution in [3.8, 4) is 16.9 Å². The van der Waals surface area contributed by atoms with Crippen LogP contribution in [0.15, 0.2) is 47.3 Å². The van der Waals surface area contributed by atoms with E-state index in [-0.39, 0.29) is 5.39 Å². The minimum absolute atomic E-state index is 0.182. The molecule has 0 bridgehead atoms. The summed E-state index contributed by atoms with van der Waals surface area (Å²) >= 11 is 6.87. The Hall–Kier alpha value is -2.74. The van der Waals surface area contributed by atoms with E-state index >= 15 is 0 Å². The van der Waals surface area contributed by atoms with Crippen LogP contribution in [0, 0.1) is 0 Å². The number of ketones is 1. The summed E-state index contributed by atoms with van der Waals surface area (Å²) in [5, 5.41) is 19.9. The number of aromatic hydroxyl groups is 1. The van der Waals surface area contributed by atoms with Crippen molar-refractivity contribution in [3.63, 3.8) is 0 Å². The van der Waals surface area contributed by atoms with Gasteiger partial charge in [-0.05, 0) is 17.7 Å². The third-order valence-electron chi connectivity index (χ3n) is 3.82. The molecule has 0 aliphatic carbocycles. The maximum atomic E-state index is 12.4. The van der Waals surface area contributed by atoms with E-state index in [2.05, 4.69) is 0 Å². The fraction of sp³-hybridized carbons (Fsp3) is 0.0556. The van der Waals surface area contributed by atoms with Gasteiger partial charge in [0.1, 0.15) is 11.3 Å². The van der Waals surface area contributed by atoms with E-state index < -0.39 is 33.8 Å². The van der Waals surface area contributed by atoms with Gasteiger partial charge >= 0.3 is 5.97 Å². The average Bonchev–Trinajstić information content (AvgIpc) is 2.61. The molecule has 132 valence electrons. The lowest BCUT2D eigenvalue weighted by molar-refractivity contribution is -0.137. The molecule has 3 rings (SSSR count). The first-order valence-electron chi connectivity index (χ1n) is 7.38. The Kier molecular flexibility index (Phi) is 4.78. The quantitative estimate of drug-likeness (QED) is 0.466. The van der Waals surface area contributed by atoms with Crippen molar-refractivity contribution in [3.05, 3.63) is 62.6 Å². The van der Waals surface area contributed by atoms with Gasteiger partial charge in [-0.15, -0.1) is 0 Å². The highest BCUT2D eigenvalue weighted by atomic mass is 35.5. The molecule has 0 spiro atoms. The summed E-state index contributed by atoms with van der Waals surface area (Å²) in [5.74, 6) is -3.36. The van der Waals surface area contributed by atoms with E-state index in [1.807, 2.05) is 30.3 Å². The molecule has 6 nitrogen and oxygen atoms in total. The number of fused-ring (bicyclic) bond motifs is 1. The third-order valence-corrected chi connectivity index (χ3v) is 5.08. The highest BCUT2D eigenvalue weighted by Gasteiger charge is 2.29. The van der Waals surface area contributed by atoms with Gasteiger partial charge < -0.3 is 15.9 Å². The Morgan fingerprint density at radius 3 is 2.42 bits per heavy atom. The van der Waals surface area contributed by atoms with Gasteiger partial charge in [0.05, 0.1) is 0 Å². The second-order valence-corrected chi connectivity index (χ2v) is 6.91. The Labute approximate surface area is 156 Å². The molecule has 0 aliphatic heterocycles. The first-order chi connectivity index (χ1) is 12.3. The SMILES string of the molecule is NC(C(=O)O)C(=O)c1c(O)c2cc(Cl)cc(-c3ccccc3)c2sc1=O. The molecule has 0 saturated carbocycles. The number of halogens is 1. The van der Waals surface area contributed by atoms with Crippen LogP contribution in [0.4, 0.5) is 0 Å². The van der Waals surface area contributed by atoms with E-state index in [0.29, 0.717) is 15.3 Å². The molecule has 3 aromatic rings. The highest BCUT2D eigenvalue weighted by molar-refractivity contribution is 7.17. The number of carboxylic acid groups (broad SMARTS) is 1. The van der Waals surface area contributed by atoms with Crippen molar-refractivity contribution >= 4 is 44.8 Å². The Bertz CT molecular complexity index is 1090. The maximum Gasteiger partial charge on any atom is 0.328 e. The first-order valence-corrected chi connectivity index (χ1v) is 8.58. The largest absolute Gasteiger partial charge is 0.506 e. The number of benzene rings is 2. The van der Waals surface area contributed by atoms with Crippen molar-refractivity contribution < 1.29 is 19.8 Å². The predicted molar refractivity (Wildman–Crippen MR) is 100 cm³/mol. The number of carbonyl (C=O) groups excluding carboxylic acids is 1. The fourth-order valence-electron chi connectivity index (χ4n) is 2.57. The summed E-state index contributed by atoms with van der Waals surface area (Å²) in [5.41, 5.74) is 6.06. The lowest BCUT2D eigenvalue weighted by Gasteiger charge is -2.12. The van der Waals surface area contributed by atoms with Crippen LogP contribution in [-0.4, -0.2) is 28.0 Å². The molecule has 0 amide bonds. The summed E-state index contributed by atoms with van der Waals surface area (Å²) < 4.78 is -0.334. The zero-order chi connectivity index (χ0) is 19.0. The molecule has 8 heteroatoms. The molecular formula is C18H12ClNO5S. The summed E-state index contributed by atoms with van der Waals surface area (Å²) in [6.45, 7) is 0. The molecule has 1 atom stereocenters. The van der Waals surface area contributed by atoms with Gasteiger partial charge in [0, 0.05) is 20.7 Å². The van der Waals surface area contributed by atoms with Crippen LogP contribution in [0.2, 0.25) is 5.02 Å². The summed E-state index contributed by atoms with van der Waals surface area (Å²) in [7, 11) is 0. The van der Waals surface area contributed by atoms with Crippen molar-refractivity contribution in [2.45, 2.75) is 6.04 Å². The van der Waals surface area contributed by atoms with Crippen LogP contribution in [0.25, 0.3) is 21.2 Å². The molecule has 26 heavy (non-hydrogen) atoms. The van der Waals surface area contributed by atoms with E-state index in [1.54, 1.807) is 6.07 Å². The number of nitrogens with two attached hydrogens (primary N) is 1. The van der Waals surface area contributed by atoms with Crippen LogP contribution in [0.5, 0.6) is 5.75 Å². The summed E-state index contributed by atoms with van der Waals surface area (Å²) in [4.78, 5) is 35.6. The van der Waals surface area contributed by atoms with Gasteiger partial charge in [0.2, 0.25) is 4.74 Å². The van der Waals surface area contributed by atoms with Gasteiger partial charge in [0.15, 0.2) is 11.8 Å². The molecule has 0 radical (unpaired) electrons. The average molecular weight is 390 g/mol. The second kappa shape index (κ2) is 6.87. The molecule has 1 heterocycles. The number of Topliss-reactive ketones (excluding diaryl/α,β-unsaturated/α-hetero) is 1. The van der Waals surface area contributed by atoms with Crippen molar-refractivity contribution in [1.29, 1.82) is 0 Å². The standard InChI is InChI=1S/C18H12ClNO5S/c19-9-6-10(8-4-2-1-3-5-8)16-11(7-9)14(21)12(18(25)26-16)15(22)13(20)17(23)24/h1-7,13,21H,20H2,(H,23,24). The topological polar surface area (TPSA) is 118 Å². The van der Waals surface area contributed by atoms with E-state index in [9.17, 15) is 19.5 Å². The van der Waals surface area contributed by atoms with Crippen LogP contribution < -0.4 is 10.5 Å². The Morgan fingerprint density at radius 1 is 1.15 bits per heavy atom. The summed E-state index contributed by atoms with van der Waals surface area (Å²) in [6, 6.07) is 10.2. The predicted octanol–water partition coefficient (Wildman–Crippen LogP) is 2.88. The molecule has 4 N–H and O–H groups in total. The number of carboxylic acids is 1. The van der Waals surface area contributed by atoms with Crippen molar-refractivity contribution in [1.82, 2.24) is 0 Å².